The lowest BCUT2D eigenvalue weighted by Gasteiger charge is -2.27. The Morgan fingerprint density at radius 1 is 1.19 bits per heavy atom. The second-order valence-corrected chi connectivity index (χ2v) is 7.07. The van der Waals surface area contributed by atoms with Crippen LogP contribution in [0.3, 0.4) is 0 Å². The monoisotopic (exact) mass is 395 g/mol. The van der Waals surface area contributed by atoms with Crippen molar-refractivity contribution in [1.82, 2.24) is 15.5 Å². The van der Waals surface area contributed by atoms with E-state index in [1.807, 2.05) is 26.0 Å². The molecule has 2 aromatic rings. The Bertz CT molecular complexity index is 700. The van der Waals surface area contributed by atoms with Crippen molar-refractivity contribution in [1.29, 1.82) is 0 Å². The molecule has 148 valence electrons. The normalized spacial score (nSPS) is 12.5. The van der Waals surface area contributed by atoms with E-state index in [0.717, 1.165) is 0 Å². The minimum atomic E-state index is -0.663. The third-order valence-corrected chi connectivity index (χ3v) is 4.16. The van der Waals surface area contributed by atoms with Gasteiger partial charge in [0, 0.05) is 18.2 Å². The van der Waals surface area contributed by atoms with Crippen LogP contribution in [0.15, 0.2) is 36.4 Å². The highest BCUT2D eigenvalue weighted by molar-refractivity contribution is 6.32. The Morgan fingerprint density at radius 3 is 2.63 bits per heavy atom. The molecule has 0 saturated carbocycles. The van der Waals surface area contributed by atoms with Crippen molar-refractivity contribution in [2.24, 2.45) is 5.84 Å². The van der Waals surface area contributed by atoms with Crippen molar-refractivity contribution in [2.45, 2.75) is 31.9 Å². The van der Waals surface area contributed by atoms with Crippen LogP contribution in [0.2, 0.25) is 5.02 Å². The van der Waals surface area contributed by atoms with Gasteiger partial charge in [0.25, 0.3) is 0 Å². The van der Waals surface area contributed by atoms with E-state index in [-0.39, 0.29) is 12.1 Å². The van der Waals surface area contributed by atoms with E-state index in [0.29, 0.717) is 42.0 Å². The summed E-state index contributed by atoms with van der Waals surface area (Å²) in [6.45, 7) is 5.06. The van der Waals surface area contributed by atoms with Crippen molar-refractivity contribution in [3.63, 3.8) is 0 Å². The maximum Gasteiger partial charge on any atom is 0.233 e. The minimum absolute atomic E-state index is 0.153. The van der Waals surface area contributed by atoms with Crippen molar-refractivity contribution < 1.29 is 14.6 Å². The van der Waals surface area contributed by atoms with Crippen molar-refractivity contribution in [3.8, 4) is 11.6 Å². The predicted octanol–water partition coefficient (Wildman–Crippen LogP) is 1.99. The number of nitrogens with zero attached hydrogens (tertiary/aromatic N) is 2. The zero-order chi connectivity index (χ0) is 19.7. The number of aliphatic hydroxyl groups is 1. The number of β-amino-alcohol motifs (C(OH)–C–C–N with tert-alkyl or cyclic N) is 1. The van der Waals surface area contributed by atoms with Crippen LogP contribution in [0.25, 0.3) is 0 Å². The molecule has 1 aromatic heterocycles. The first-order chi connectivity index (χ1) is 12.9. The number of nitrogens with two attached hydrogens (primary N) is 1. The SMILES string of the molecule is CC(C)(CCOc1ccc(NN)nn1)NCC(O)COc1ccccc1Cl. The summed E-state index contributed by atoms with van der Waals surface area (Å²) in [5.41, 5.74) is 2.17. The Hall–Kier alpha value is -2.13. The van der Waals surface area contributed by atoms with Gasteiger partial charge in [-0.05, 0) is 38.5 Å². The molecule has 2 rings (SSSR count). The van der Waals surface area contributed by atoms with Crippen molar-refractivity contribution >= 4 is 17.4 Å². The molecular formula is C18H26ClN5O3. The predicted molar refractivity (Wildman–Crippen MR) is 105 cm³/mol. The van der Waals surface area contributed by atoms with Gasteiger partial charge in [0.2, 0.25) is 5.88 Å². The summed E-state index contributed by atoms with van der Waals surface area (Å²) in [6.07, 6.45) is 0.0487. The number of hydrogen-bond acceptors (Lipinski definition) is 8. The molecule has 0 fully saturated rings. The number of halogens is 1. The second kappa shape index (κ2) is 10.3. The fourth-order valence-electron chi connectivity index (χ4n) is 2.17. The van der Waals surface area contributed by atoms with Gasteiger partial charge < -0.3 is 25.3 Å². The molecular weight excluding hydrogens is 370 g/mol. The summed E-state index contributed by atoms with van der Waals surface area (Å²) in [5, 5.41) is 21.7. The molecule has 1 unspecified atom stereocenters. The number of hydrazine groups is 1. The van der Waals surface area contributed by atoms with E-state index in [1.54, 1.807) is 24.3 Å². The van der Waals surface area contributed by atoms with Crippen LogP contribution in [0.4, 0.5) is 5.82 Å². The standard InChI is InChI=1S/C18H26ClN5O3/c1-18(2,9-10-26-17-8-7-16(22-20)23-24-17)21-11-13(25)12-27-15-6-4-3-5-14(15)19/h3-8,13,21,25H,9-12,20H2,1-2H3,(H,22,23). The van der Waals surface area contributed by atoms with E-state index >= 15 is 0 Å². The van der Waals surface area contributed by atoms with Crippen LogP contribution < -0.4 is 26.1 Å². The van der Waals surface area contributed by atoms with Gasteiger partial charge in [-0.1, -0.05) is 23.7 Å². The number of benzene rings is 1. The lowest BCUT2D eigenvalue weighted by atomic mass is 10.0. The summed E-state index contributed by atoms with van der Waals surface area (Å²) < 4.78 is 11.1. The molecule has 8 nitrogen and oxygen atoms in total. The molecule has 9 heteroatoms. The molecule has 0 amide bonds. The maximum absolute atomic E-state index is 10.1. The van der Waals surface area contributed by atoms with Crippen molar-refractivity contribution in [3.05, 3.63) is 41.4 Å². The number of nitrogens with one attached hydrogen (secondary N) is 2. The molecule has 0 aliphatic rings. The third-order valence-electron chi connectivity index (χ3n) is 3.85. The molecule has 0 aliphatic heterocycles. The summed E-state index contributed by atoms with van der Waals surface area (Å²) >= 11 is 6.03. The fraction of sp³-hybridized carbons (Fsp3) is 0.444. The van der Waals surface area contributed by atoms with Crippen molar-refractivity contribution in [2.75, 3.05) is 25.2 Å². The van der Waals surface area contributed by atoms with E-state index in [1.165, 1.54) is 0 Å². The number of hydrogen-bond donors (Lipinski definition) is 4. The highest BCUT2D eigenvalue weighted by Crippen LogP contribution is 2.23. The van der Waals surface area contributed by atoms with Crippen LogP contribution in [-0.2, 0) is 0 Å². The smallest absolute Gasteiger partial charge is 0.233 e. The number of anilines is 1. The lowest BCUT2D eigenvalue weighted by molar-refractivity contribution is 0.0964. The zero-order valence-electron chi connectivity index (χ0n) is 15.5. The van der Waals surface area contributed by atoms with Crippen LogP contribution in [0.5, 0.6) is 11.6 Å². The van der Waals surface area contributed by atoms with Gasteiger partial charge >= 0.3 is 0 Å². The second-order valence-electron chi connectivity index (χ2n) is 6.66. The van der Waals surface area contributed by atoms with Crippen LogP contribution in [0.1, 0.15) is 20.3 Å². The van der Waals surface area contributed by atoms with Gasteiger partial charge in [-0.3, -0.25) is 0 Å². The minimum Gasteiger partial charge on any atom is -0.489 e. The molecule has 0 saturated heterocycles. The quantitative estimate of drug-likeness (QED) is 0.337. The largest absolute Gasteiger partial charge is 0.489 e. The summed E-state index contributed by atoms with van der Waals surface area (Å²) in [7, 11) is 0. The molecule has 1 aromatic carbocycles. The Balaban J connectivity index is 1.67. The van der Waals surface area contributed by atoms with Gasteiger partial charge in [0.05, 0.1) is 11.6 Å². The lowest BCUT2D eigenvalue weighted by Crippen LogP contribution is -2.45. The van der Waals surface area contributed by atoms with Crippen LogP contribution in [0, 0.1) is 0 Å². The first kappa shape index (κ1) is 21.2. The van der Waals surface area contributed by atoms with E-state index in [4.69, 9.17) is 26.9 Å². The number of rotatable bonds is 11. The van der Waals surface area contributed by atoms with E-state index in [2.05, 4.69) is 20.9 Å². The maximum atomic E-state index is 10.1. The van der Waals surface area contributed by atoms with Crippen LogP contribution >= 0.6 is 11.6 Å². The van der Waals surface area contributed by atoms with Crippen LogP contribution in [-0.4, -0.2) is 46.7 Å². The molecule has 1 heterocycles. The van der Waals surface area contributed by atoms with E-state index in [9.17, 15) is 5.11 Å². The number of para-hydroxylation sites is 1. The number of aliphatic hydroxyl groups excluding tert-OH is 1. The highest BCUT2D eigenvalue weighted by atomic mass is 35.5. The zero-order valence-corrected chi connectivity index (χ0v) is 16.2. The topological polar surface area (TPSA) is 115 Å². The molecule has 27 heavy (non-hydrogen) atoms. The summed E-state index contributed by atoms with van der Waals surface area (Å²) in [6, 6.07) is 10.5. The highest BCUT2D eigenvalue weighted by Gasteiger charge is 2.19. The molecule has 0 radical (unpaired) electrons. The molecule has 0 bridgehead atoms. The third kappa shape index (κ3) is 7.56. The van der Waals surface area contributed by atoms with Gasteiger partial charge in [0.15, 0.2) is 5.82 Å². The molecule has 5 N–H and O–H groups in total. The fourth-order valence-corrected chi connectivity index (χ4v) is 2.36. The van der Waals surface area contributed by atoms with Gasteiger partial charge in [-0.2, -0.15) is 0 Å². The summed E-state index contributed by atoms with van der Waals surface area (Å²) in [5.74, 6) is 6.70. The number of nitrogen functional groups attached to an aromatic ring is 1. The number of ether oxygens (including phenoxy) is 2. The summed E-state index contributed by atoms with van der Waals surface area (Å²) in [4.78, 5) is 0. The first-order valence-electron chi connectivity index (χ1n) is 8.63. The molecule has 0 spiro atoms. The van der Waals surface area contributed by atoms with Gasteiger partial charge in [-0.15, -0.1) is 10.2 Å². The Labute approximate surface area is 164 Å². The number of aromatic nitrogens is 2. The van der Waals surface area contributed by atoms with Gasteiger partial charge in [0.1, 0.15) is 18.5 Å². The molecule has 0 aliphatic carbocycles. The average Bonchev–Trinajstić information content (AvgIpc) is 2.66. The first-order valence-corrected chi connectivity index (χ1v) is 9.01. The van der Waals surface area contributed by atoms with Gasteiger partial charge in [-0.25, -0.2) is 5.84 Å². The van der Waals surface area contributed by atoms with E-state index < -0.39 is 6.10 Å². The Morgan fingerprint density at radius 2 is 1.96 bits per heavy atom. The Kier molecular flexibility index (Phi) is 8.05. The molecule has 1 atom stereocenters. The average molecular weight is 396 g/mol.